The number of halogens is 1. The molecular weight excluding hydrogens is 636 g/mol. The molecule has 1 radical (unpaired) electrons. The van der Waals surface area contributed by atoms with Crippen LogP contribution in [-0.2, 0) is 39.8 Å². The van der Waals surface area contributed by atoms with Crippen molar-refractivity contribution in [3.8, 4) is 5.75 Å². The summed E-state index contributed by atoms with van der Waals surface area (Å²) in [4.78, 5) is 53.7. The monoisotopic (exact) mass is 681 g/mol. The maximum atomic E-state index is 13.6. The summed E-state index contributed by atoms with van der Waals surface area (Å²) >= 11 is 6.32. The first kappa shape index (κ1) is 36.9. The first-order valence-electron chi connectivity index (χ1n) is 16.2. The number of methoxy groups -OCH3 is 1. The molecule has 2 aliphatic heterocycles. The summed E-state index contributed by atoms with van der Waals surface area (Å²) in [6, 6.07) is 11.9. The second-order valence-electron chi connectivity index (χ2n) is 13.6. The maximum absolute atomic E-state index is 13.6. The lowest BCUT2D eigenvalue weighted by molar-refractivity contribution is -0.179. The molecule has 0 unspecified atom stereocenters. The van der Waals surface area contributed by atoms with Crippen LogP contribution in [-0.4, -0.2) is 61.8 Å². The molecule has 0 spiro atoms. The Morgan fingerprint density at radius 2 is 1.75 bits per heavy atom. The fourth-order valence-corrected chi connectivity index (χ4v) is 5.81. The number of cyclic esters (lactones) is 2. The molecule has 2 N–H and O–H groups in total. The van der Waals surface area contributed by atoms with Gasteiger partial charge >= 0.3 is 11.9 Å². The van der Waals surface area contributed by atoms with E-state index < -0.39 is 47.4 Å². The van der Waals surface area contributed by atoms with E-state index in [0.717, 1.165) is 11.1 Å². The Kier molecular flexibility index (Phi) is 12.3. The molecule has 4 rings (SSSR count). The minimum Gasteiger partial charge on any atom is -0.495 e. The van der Waals surface area contributed by atoms with Gasteiger partial charge in [-0.3, -0.25) is 14.4 Å². The lowest BCUT2D eigenvalue weighted by Crippen LogP contribution is -2.51. The highest BCUT2D eigenvalue weighted by Gasteiger charge is 2.48. The number of carbonyl (C=O) groups excluding carboxylic acids is 4. The van der Waals surface area contributed by atoms with Crippen molar-refractivity contribution in [2.45, 2.75) is 84.3 Å². The predicted octanol–water partition coefficient (Wildman–Crippen LogP) is 5.31. The van der Waals surface area contributed by atoms with E-state index in [9.17, 15) is 19.2 Å². The average Bonchev–Trinajstić information content (AvgIpc) is 3.83. The van der Waals surface area contributed by atoms with Crippen LogP contribution in [0.25, 0.3) is 0 Å². The Hall–Kier alpha value is -3.89. The smallest absolute Gasteiger partial charge is 0.347 e. The number of nitrogens with one attached hydrogen (secondary N) is 2. The summed E-state index contributed by atoms with van der Waals surface area (Å²) in [6.07, 6.45) is 1.23. The molecule has 6 atom stereocenters. The molecule has 10 nitrogen and oxygen atoms in total. The molecule has 2 aromatic carbocycles. The van der Waals surface area contributed by atoms with E-state index in [-0.39, 0.29) is 49.9 Å². The van der Waals surface area contributed by atoms with Crippen molar-refractivity contribution in [1.82, 2.24) is 10.6 Å². The van der Waals surface area contributed by atoms with E-state index >= 15 is 0 Å². The zero-order valence-electron chi connectivity index (χ0n) is 28.4. The Morgan fingerprint density at radius 3 is 2.40 bits per heavy atom. The van der Waals surface area contributed by atoms with E-state index in [0.29, 0.717) is 16.3 Å². The van der Waals surface area contributed by atoms with Crippen LogP contribution < -0.4 is 15.4 Å². The van der Waals surface area contributed by atoms with Crippen LogP contribution in [0.3, 0.4) is 0 Å². The van der Waals surface area contributed by atoms with Gasteiger partial charge in [0.1, 0.15) is 24.0 Å². The minimum absolute atomic E-state index is 0.0163. The summed E-state index contributed by atoms with van der Waals surface area (Å²) < 4.78 is 23.1. The SMILES string of the molecule is [CH2]c1ccc([C@@H]2O[C@H]2[C@@H](C)[C@@H]2C/C=C/C(=O)N[C@H](Cc3ccc(OC)c(Cl)c3)C(=O)NCC(C)(C)C(=O)O[C@@H](CC(C)C)C(=O)O2)cc1. The van der Waals surface area contributed by atoms with Crippen molar-refractivity contribution in [3.05, 3.63) is 83.3 Å². The zero-order valence-corrected chi connectivity index (χ0v) is 29.2. The number of esters is 2. The molecule has 2 heterocycles. The molecule has 0 bridgehead atoms. The van der Waals surface area contributed by atoms with Gasteiger partial charge in [-0.1, -0.05) is 68.8 Å². The van der Waals surface area contributed by atoms with Crippen molar-refractivity contribution < 1.29 is 38.1 Å². The third-order valence-electron chi connectivity index (χ3n) is 8.59. The maximum Gasteiger partial charge on any atom is 0.347 e. The molecule has 2 aliphatic rings. The summed E-state index contributed by atoms with van der Waals surface area (Å²) in [5, 5.41) is 5.91. The van der Waals surface area contributed by atoms with E-state index in [1.807, 2.05) is 45.0 Å². The van der Waals surface area contributed by atoms with Crippen LogP contribution >= 0.6 is 11.6 Å². The fraction of sp³-hybridized carbons (Fsp3) is 0.486. The highest BCUT2D eigenvalue weighted by Crippen LogP contribution is 2.45. The third kappa shape index (κ3) is 9.82. The van der Waals surface area contributed by atoms with Crippen LogP contribution in [0, 0.1) is 24.2 Å². The van der Waals surface area contributed by atoms with E-state index in [4.69, 9.17) is 30.5 Å². The van der Waals surface area contributed by atoms with Crippen molar-refractivity contribution in [2.75, 3.05) is 13.7 Å². The van der Waals surface area contributed by atoms with Crippen molar-refractivity contribution in [3.63, 3.8) is 0 Å². The van der Waals surface area contributed by atoms with Gasteiger partial charge < -0.3 is 29.6 Å². The van der Waals surface area contributed by atoms with Gasteiger partial charge in [0.05, 0.1) is 23.7 Å². The number of ether oxygens (including phenoxy) is 4. The molecule has 1 saturated heterocycles. The first-order valence-corrected chi connectivity index (χ1v) is 16.6. The van der Waals surface area contributed by atoms with Gasteiger partial charge in [-0.25, -0.2) is 4.79 Å². The lowest BCUT2D eigenvalue weighted by Gasteiger charge is -2.29. The van der Waals surface area contributed by atoms with Gasteiger partial charge in [0.15, 0.2) is 6.10 Å². The quantitative estimate of drug-likeness (QED) is 0.283. The number of epoxide rings is 1. The Morgan fingerprint density at radius 1 is 1.04 bits per heavy atom. The summed E-state index contributed by atoms with van der Waals surface area (Å²) in [5.41, 5.74) is 1.37. The van der Waals surface area contributed by atoms with Crippen LogP contribution in [0.1, 0.15) is 70.3 Å². The molecule has 2 amide bonds. The van der Waals surface area contributed by atoms with E-state index in [2.05, 4.69) is 17.6 Å². The number of rotatable bonds is 8. The number of amides is 2. The van der Waals surface area contributed by atoms with Gasteiger partial charge in [-0.2, -0.15) is 0 Å². The van der Waals surface area contributed by atoms with E-state index in [1.54, 1.807) is 38.1 Å². The molecular formula is C37H46ClN2O8. The fourth-order valence-electron chi connectivity index (χ4n) is 5.53. The van der Waals surface area contributed by atoms with Crippen LogP contribution in [0.15, 0.2) is 54.6 Å². The highest BCUT2D eigenvalue weighted by atomic mass is 35.5. The number of hydrogen-bond acceptors (Lipinski definition) is 8. The Bertz CT molecular complexity index is 1510. The summed E-state index contributed by atoms with van der Waals surface area (Å²) in [7, 11) is 1.50. The van der Waals surface area contributed by atoms with Crippen molar-refractivity contribution in [1.29, 1.82) is 0 Å². The molecule has 0 aromatic heterocycles. The number of benzene rings is 2. The van der Waals surface area contributed by atoms with Crippen molar-refractivity contribution >= 4 is 35.4 Å². The molecule has 0 aliphatic carbocycles. The standard InChI is InChI=1S/C37H46ClN2O8/c1-21(2)17-30-35(43)46-28(23(4)32-33(48-32)25-14-11-22(3)12-15-25)9-8-10-31(41)40-27(19-24-13-16-29(45-7)26(38)18-24)34(42)39-20-37(5,6)36(44)47-30/h8,10-16,18,21,23,27-28,30,32-33H,3,9,17,19-20H2,1-2,4-7H3,(H,39,42)(H,40,41)/b10-8+/t23-,27+,28-,30-,32-,33-/m0/s1. The predicted molar refractivity (Wildman–Crippen MR) is 181 cm³/mol. The molecule has 11 heteroatoms. The first-order chi connectivity index (χ1) is 22.7. The molecule has 1 fully saturated rings. The van der Waals surface area contributed by atoms with Crippen LogP contribution in [0.5, 0.6) is 5.75 Å². The Labute approximate surface area is 287 Å². The summed E-state index contributed by atoms with van der Waals surface area (Å²) in [5.74, 6) is -2.11. The number of carbonyl (C=O) groups is 4. The van der Waals surface area contributed by atoms with Gasteiger partial charge in [0.25, 0.3) is 0 Å². The van der Waals surface area contributed by atoms with Gasteiger partial charge in [-0.15, -0.1) is 0 Å². The van der Waals surface area contributed by atoms with Crippen molar-refractivity contribution in [2.24, 2.45) is 17.3 Å². The summed E-state index contributed by atoms with van der Waals surface area (Å²) in [6.45, 7) is 12.8. The zero-order chi connectivity index (χ0) is 35.2. The number of hydrogen-bond donors (Lipinski definition) is 2. The molecule has 2 aromatic rings. The van der Waals surface area contributed by atoms with Gasteiger partial charge in [-0.05, 0) is 68.0 Å². The second kappa shape index (κ2) is 16.0. The topological polar surface area (TPSA) is 133 Å². The second-order valence-corrected chi connectivity index (χ2v) is 14.0. The highest BCUT2D eigenvalue weighted by molar-refractivity contribution is 6.32. The third-order valence-corrected chi connectivity index (χ3v) is 8.88. The molecule has 48 heavy (non-hydrogen) atoms. The van der Waals surface area contributed by atoms with Crippen LogP contribution in [0.4, 0.5) is 0 Å². The molecule has 0 saturated carbocycles. The molecule has 259 valence electrons. The average molecular weight is 682 g/mol. The normalized spacial score (nSPS) is 26.5. The minimum atomic E-state index is -1.20. The van der Waals surface area contributed by atoms with Crippen LogP contribution in [0.2, 0.25) is 5.02 Å². The van der Waals surface area contributed by atoms with Gasteiger partial charge in [0, 0.05) is 25.3 Å². The Balaban J connectivity index is 1.61. The van der Waals surface area contributed by atoms with Gasteiger partial charge in [0.2, 0.25) is 11.8 Å². The van der Waals surface area contributed by atoms with E-state index in [1.165, 1.54) is 13.2 Å². The lowest BCUT2D eigenvalue weighted by atomic mass is 9.92. The largest absolute Gasteiger partial charge is 0.495 e.